The SMILES string of the molecule is CS(=O)(=O)CCNc1ccc(C#N)c(Cl)c1. The molecule has 0 amide bonds. The summed E-state index contributed by atoms with van der Waals surface area (Å²) in [5.74, 6) is 0.0601. The Bertz CT molecular complexity index is 520. The summed E-state index contributed by atoms with van der Waals surface area (Å²) in [7, 11) is -2.97. The molecular formula is C10H11ClN2O2S. The summed E-state index contributed by atoms with van der Waals surface area (Å²) in [6.45, 7) is 0.320. The molecule has 0 bridgehead atoms. The fraction of sp³-hybridized carbons (Fsp3) is 0.300. The maximum Gasteiger partial charge on any atom is 0.149 e. The first kappa shape index (κ1) is 12.8. The largest absolute Gasteiger partial charge is 0.384 e. The smallest absolute Gasteiger partial charge is 0.149 e. The topological polar surface area (TPSA) is 70.0 Å². The van der Waals surface area contributed by atoms with Crippen molar-refractivity contribution in [2.24, 2.45) is 0 Å². The van der Waals surface area contributed by atoms with Gasteiger partial charge >= 0.3 is 0 Å². The fourth-order valence-corrected chi connectivity index (χ4v) is 1.79. The molecule has 0 saturated carbocycles. The lowest BCUT2D eigenvalue weighted by Gasteiger charge is -2.06. The summed E-state index contributed by atoms with van der Waals surface area (Å²) in [6.07, 6.45) is 1.18. The predicted molar refractivity (Wildman–Crippen MR) is 64.4 cm³/mol. The van der Waals surface area contributed by atoms with Gasteiger partial charge in [0.15, 0.2) is 0 Å². The molecule has 0 unspecified atom stereocenters. The van der Waals surface area contributed by atoms with Crippen molar-refractivity contribution in [3.63, 3.8) is 0 Å². The maximum absolute atomic E-state index is 10.9. The van der Waals surface area contributed by atoms with E-state index in [1.165, 1.54) is 6.26 Å². The minimum absolute atomic E-state index is 0.0601. The number of sulfone groups is 1. The van der Waals surface area contributed by atoms with Gasteiger partial charge in [0.2, 0.25) is 0 Å². The van der Waals surface area contributed by atoms with E-state index < -0.39 is 9.84 Å². The van der Waals surface area contributed by atoms with E-state index in [0.29, 0.717) is 22.8 Å². The lowest BCUT2D eigenvalue weighted by molar-refractivity contribution is 0.602. The summed E-state index contributed by atoms with van der Waals surface area (Å²) in [4.78, 5) is 0. The van der Waals surface area contributed by atoms with Crippen LogP contribution in [-0.4, -0.2) is 27.0 Å². The normalized spacial score (nSPS) is 10.8. The van der Waals surface area contributed by atoms with E-state index in [1.807, 2.05) is 6.07 Å². The number of halogens is 1. The van der Waals surface area contributed by atoms with Gasteiger partial charge in [-0.3, -0.25) is 0 Å². The average Bonchev–Trinajstić information content (AvgIpc) is 2.16. The molecule has 1 aromatic carbocycles. The average molecular weight is 259 g/mol. The third kappa shape index (κ3) is 4.09. The van der Waals surface area contributed by atoms with Gasteiger partial charge in [-0.15, -0.1) is 0 Å². The zero-order chi connectivity index (χ0) is 12.2. The van der Waals surface area contributed by atoms with Gasteiger partial charge in [0, 0.05) is 18.5 Å². The third-order valence-corrected chi connectivity index (χ3v) is 3.15. The number of nitrogens with zero attached hydrogens (tertiary/aromatic N) is 1. The Kier molecular flexibility index (Phi) is 4.16. The van der Waals surface area contributed by atoms with Gasteiger partial charge in [-0.25, -0.2) is 8.42 Å². The highest BCUT2D eigenvalue weighted by atomic mass is 35.5. The number of rotatable bonds is 4. The van der Waals surface area contributed by atoms with Crippen molar-refractivity contribution >= 4 is 27.1 Å². The molecule has 0 aliphatic heterocycles. The summed E-state index contributed by atoms with van der Waals surface area (Å²) in [6, 6.07) is 6.82. The fourth-order valence-electron chi connectivity index (χ4n) is 1.10. The molecule has 4 nitrogen and oxygen atoms in total. The molecule has 0 saturated heterocycles. The van der Waals surface area contributed by atoms with Gasteiger partial charge in [0.1, 0.15) is 15.9 Å². The van der Waals surface area contributed by atoms with Crippen molar-refractivity contribution in [2.75, 3.05) is 23.9 Å². The second kappa shape index (κ2) is 5.19. The first-order valence-corrected chi connectivity index (χ1v) is 6.97. The van der Waals surface area contributed by atoms with Gasteiger partial charge in [0.25, 0.3) is 0 Å². The summed E-state index contributed by atoms with van der Waals surface area (Å²) in [5.41, 5.74) is 1.10. The van der Waals surface area contributed by atoms with Crippen molar-refractivity contribution in [2.45, 2.75) is 0 Å². The molecule has 0 aliphatic carbocycles. The Labute approximate surface area is 99.8 Å². The second-order valence-corrected chi connectivity index (χ2v) is 6.03. The highest BCUT2D eigenvalue weighted by Gasteiger charge is 2.03. The van der Waals surface area contributed by atoms with E-state index in [4.69, 9.17) is 16.9 Å². The zero-order valence-corrected chi connectivity index (χ0v) is 10.3. The van der Waals surface area contributed by atoms with E-state index >= 15 is 0 Å². The monoisotopic (exact) mass is 258 g/mol. The zero-order valence-electron chi connectivity index (χ0n) is 8.70. The molecule has 0 atom stereocenters. The first-order valence-electron chi connectivity index (χ1n) is 4.53. The summed E-state index contributed by atoms with van der Waals surface area (Å²) < 4.78 is 21.8. The van der Waals surface area contributed by atoms with Crippen LogP contribution in [0.1, 0.15) is 5.56 Å². The van der Waals surface area contributed by atoms with Crippen molar-refractivity contribution in [1.82, 2.24) is 0 Å². The van der Waals surface area contributed by atoms with Crippen molar-refractivity contribution in [3.8, 4) is 6.07 Å². The van der Waals surface area contributed by atoms with E-state index in [0.717, 1.165) is 0 Å². The molecule has 86 valence electrons. The second-order valence-electron chi connectivity index (χ2n) is 3.36. The van der Waals surface area contributed by atoms with Crippen LogP contribution < -0.4 is 5.32 Å². The number of hydrogen-bond acceptors (Lipinski definition) is 4. The molecule has 1 N–H and O–H groups in total. The van der Waals surface area contributed by atoms with E-state index in [1.54, 1.807) is 18.2 Å². The quantitative estimate of drug-likeness (QED) is 0.892. The van der Waals surface area contributed by atoms with Gasteiger partial charge in [-0.1, -0.05) is 11.6 Å². The molecule has 0 spiro atoms. The summed E-state index contributed by atoms with van der Waals surface area (Å²) in [5, 5.41) is 11.9. The number of nitriles is 1. The van der Waals surface area contributed by atoms with E-state index in [-0.39, 0.29) is 5.75 Å². The molecule has 1 rings (SSSR count). The lowest BCUT2D eigenvalue weighted by atomic mass is 10.2. The van der Waals surface area contributed by atoms with Gasteiger partial charge in [0.05, 0.1) is 16.3 Å². The van der Waals surface area contributed by atoms with Crippen molar-refractivity contribution in [3.05, 3.63) is 28.8 Å². The molecule has 6 heteroatoms. The molecule has 0 radical (unpaired) electrons. The number of hydrogen-bond donors (Lipinski definition) is 1. The van der Waals surface area contributed by atoms with Crippen molar-refractivity contribution in [1.29, 1.82) is 5.26 Å². The van der Waals surface area contributed by atoms with Crippen molar-refractivity contribution < 1.29 is 8.42 Å². The molecule has 0 fully saturated rings. The number of nitrogens with one attached hydrogen (secondary N) is 1. The Morgan fingerprint density at radius 3 is 2.69 bits per heavy atom. The third-order valence-electron chi connectivity index (χ3n) is 1.89. The minimum atomic E-state index is -2.97. The number of anilines is 1. The van der Waals surface area contributed by atoms with E-state index in [9.17, 15) is 8.42 Å². The van der Waals surface area contributed by atoms with Crippen LogP contribution in [0.3, 0.4) is 0 Å². The lowest BCUT2D eigenvalue weighted by Crippen LogP contribution is -2.14. The van der Waals surface area contributed by atoms with Crippen LogP contribution in [-0.2, 0) is 9.84 Å². The Morgan fingerprint density at radius 2 is 2.19 bits per heavy atom. The predicted octanol–water partition coefficient (Wildman–Crippen LogP) is 1.67. The maximum atomic E-state index is 10.9. The standard InChI is InChI=1S/C10H11ClN2O2S/c1-16(14,15)5-4-13-9-3-2-8(7-12)10(11)6-9/h2-3,6,13H,4-5H2,1H3. The van der Waals surface area contributed by atoms with Gasteiger partial charge in [-0.05, 0) is 18.2 Å². The van der Waals surface area contributed by atoms with Crippen LogP contribution in [0.4, 0.5) is 5.69 Å². The van der Waals surface area contributed by atoms with E-state index in [2.05, 4.69) is 5.32 Å². The Balaban J connectivity index is 2.63. The summed E-state index contributed by atoms with van der Waals surface area (Å²) >= 11 is 5.82. The highest BCUT2D eigenvalue weighted by Crippen LogP contribution is 2.19. The van der Waals surface area contributed by atoms with Crippen LogP contribution in [0, 0.1) is 11.3 Å². The van der Waals surface area contributed by atoms with Crippen LogP contribution in [0.15, 0.2) is 18.2 Å². The van der Waals surface area contributed by atoms with Crippen LogP contribution in [0.25, 0.3) is 0 Å². The molecule has 0 aromatic heterocycles. The van der Waals surface area contributed by atoms with Crippen LogP contribution in [0.2, 0.25) is 5.02 Å². The molecule has 1 aromatic rings. The molecule has 16 heavy (non-hydrogen) atoms. The van der Waals surface area contributed by atoms with Gasteiger partial charge in [-0.2, -0.15) is 5.26 Å². The Hall–Kier alpha value is -1.25. The highest BCUT2D eigenvalue weighted by molar-refractivity contribution is 7.90. The molecule has 0 heterocycles. The minimum Gasteiger partial charge on any atom is -0.384 e. The molecule has 0 aliphatic rings. The Morgan fingerprint density at radius 1 is 1.50 bits per heavy atom. The number of benzene rings is 1. The first-order chi connectivity index (χ1) is 7.42. The molecular weight excluding hydrogens is 248 g/mol. The van der Waals surface area contributed by atoms with Gasteiger partial charge < -0.3 is 5.32 Å². The van der Waals surface area contributed by atoms with Crippen LogP contribution in [0.5, 0.6) is 0 Å². The van der Waals surface area contributed by atoms with Crippen LogP contribution >= 0.6 is 11.6 Å².